The minimum absolute atomic E-state index is 0.0261. The molecule has 0 unspecified atom stereocenters. The van der Waals surface area contributed by atoms with Gasteiger partial charge < -0.3 is 14.8 Å². The maximum atomic E-state index is 12.8. The van der Waals surface area contributed by atoms with Crippen molar-refractivity contribution >= 4 is 11.8 Å². The Morgan fingerprint density at radius 2 is 2.16 bits per heavy atom. The molecule has 2 aromatic rings. The van der Waals surface area contributed by atoms with E-state index >= 15 is 0 Å². The Balaban J connectivity index is 1.86. The lowest BCUT2D eigenvalue weighted by molar-refractivity contribution is -0.127. The fourth-order valence-electron chi connectivity index (χ4n) is 3.77. The van der Waals surface area contributed by atoms with Crippen LogP contribution >= 0.6 is 0 Å². The zero-order valence-electron chi connectivity index (χ0n) is 15.1. The van der Waals surface area contributed by atoms with Crippen LogP contribution in [0.1, 0.15) is 46.7 Å². The van der Waals surface area contributed by atoms with Crippen LogP contribution in [0.4, 0.5) is 0 Å². The van der Waals surface area contributed by atoms with Gasteiger partial charge in [-0.15, -0.1) is 0 Å². The Morgan fingerprint density at radius 1 is 1.40 bits per heavy atom. The predicted octanol–water partition coefficient (Wildman–Crippen LogP) is 2.22. The molecule has 0 aromatic carbocycles. The summed E-state index contributed by atoms with van der Waals surface area (Å²) in [7, 11) is 1.77. The Labute approximate surface area is 147 Å². The van der Waals surface area contributed by atoms with Gasteiger partial charge in [0.05, 0.1) is 17.6 Å². The zero-order valence-corrected chi connectivity index (χ0v) is 15.1. The van der Waals surface area contributed by atoms with Crippen molar-refractivity contribution in [2.45, 2.75) is 45.8 Å². The number of aromatic nitrogens is 2. The predicted molar refractivity (Wildman–Crippen MR) is 95.2 cm³/mol. The van der Waals surface area contributed by atoms with Gasteiger partial charge in [-0.1, -0.05) is 6.07 Å². The van der Waals surface area contributed by atoms with Gasteiger partial charge in [-0.05, 0) is 38.5 Å². The van der Waals surface area contributed by atoms with E-state index in [-0.39, 0.29) is 23.9 Å². The highest BCUT2D eigenvalue weighted by atomic mass is 16.2. The Hall–Kier alpha value is -2.63. The summed E-state index contributed by atoms with van der Waals surface area (Å²) in [6, 6.07) is 5.24. The number of rotatable bonds is 4. The number of carbonyl (C=O) groups excluding carboxylic acids is 2. The van der Waals surface area contributed by atoms with Crippen molar-refractivity contribution in [3.8, 4) is 0 Å². The van der Waals surface area contributed by atoms with Crippen LogP contribution in [0.25, 0.3) is 0 Å². The number of likely N-dealkylation sites (N-methyl/N-ethyl adjacent to an activating group) is 1. The molecular formula is C19H24N4O2. The van der Waals surface area contributed by atoms with Crippen LogP contribution < -0.4 is 5.32 Å². The van der Waals surface area contributed by atoms with Crippen molar-refractivity contribution in [3.05, 3.63) is 53.1 Å². The molecule has 132 valence electrons. The van der Waals surface area contributed by atoms with Crippen LogP contribution in [0.5, 0.6) is 0 Å². The van der Waals surface area contributed by atoms with Crippen molar-refractivity contribution < 1.29 is 9.59 Å². The maximum Gasteiger partial charge on any atom is 0.253 e. The molecule has 1 aliphatic rings. The van der Waals surface area contributed by atoms with E-state index in [1.54, 1.807) is 24.3 Å². The molecule has 0 spiro atoms. The molecule has 1 saturated heterocycles. The minimum Gasteiger partial charge on any atom is -0.349 e. The Bertz CT molecular complexity index is 797. The van der Waals surface area contributed by atoms with Gasteiger partial charge >= 0.3 is 0 Å². The van der Waals surface area contributed by atoms with Crippen LogP contribution in [-0.2, 0) is 11.3 Å². The number of pyridine rings is 1. The van der Waals surface area contributed by atoms with E-state index in [2.05, 4.69) is 21.8 Å². The minimum atomic E-state index is -0.265. The lowest BCUT2D eigenvalue weighted by Crippen LogP contribution is -2.39. The van der Waals surface area contributed by atoms with Crippen molar-refractivity contribution in [2.24, 2.45) is 0 Å². The zero-order chi connectivity index (χ0) is 18.1. The van der Waals surface area contributed by atoms with Crippen LogP contribution in [-0.4, -0.2) is 39.4 Å². The van der Waals surface area contributed by atoms with Crippen molar-refractivity contribution in [3.63, 3.8) is 0 Å². The van der Waals surface area contributed by atoms with Gasteiger partial charge in [-0.25, -0.2) is 0 Å². The van der Waals surface area contributed by atoms with E-state index in [4.69, 9.17) is 0 Å². The molecule has 2 amide bonds. The summed E-state index contributed by atoms with van der Waals surface area (Å²) >= 11 is 0. The molecule has 0 bridgehead atoms. The largest absolute Gasteiger partial charge is 0.349 e. The monoisotopic (exact) mass is 340 g/mol. The van der Waals surface area contributed by atoms with E-state index in [1.165, 1.54) is 0 Å². The molecule has 6 heteroatoms. The van der Waals surface area contributed by atoms with Crippen molar-refractivity contribution in [2.75, 3.05) is 7.05 Å². The second-order valence-corrected chi connectivity index (χ2v) is 6.55. The van der Waals surface area contributed by atoms with Crippen molar-refractivity contribution in [1.29, 1.82) is 0 Å². The molecule has 2 aromatic heterocycles. The Kier molecular flexibility index (Phi) is 4.61. The van der Waals surface area contributed by atoms with Crippen LogP contribution in [0.3, 0.4) is 0 Å². The average Bonchev–Trinajstić information content (AvgIpc) is 3.04. The number of nitrogens with one attached hydrogen (secondary N) is 1. The quantitative estimate of drug-likeness (QED) is 0.928. The van der Waals surface area contributed by atoms with E-state index < -0.39 is 0 Å². The molecule has 1 fully saturated rings. The SMILES string of the molecule is CCn1c(C)cc(C(=O)N[C@@H]2CC(=O)N(C)[C@H]2c2cccnc2)c1C. The third-order valence-corrected chi connectivity index (χ3v) is 5.06. The third kappa shape index (κ3) is 3.04. The molecule has 0 radical (unpaired) electrons. The van der Waals surface area contributed by atoms with Gasteiger partial charge in [-0.2, -0.15) is 0 Å². The summed E-state index contributed by atoms with van der Waals surface area (Å²) in [6.07, 6.45) is 3.75. The van der Waals surface area contributed by atoms with Gasteiger partial charge in [0, 0.05) is 43.8 Å². The van der Waals surface area contributed by atoms with Crippen LogP contribution in [0.2, 0.25) is 0 Å². The maximum absolute atomic E-state index is 12.8. The fraction of sp³-hybridized carbons (Fsp3) is 0.421. The first-order chi connectivity index (χ1) is 11.9. The molecule has 2 atom stereocenters. The standard InChI is InChI=1S/C19H24N4O2/c1-5-23-12(2)9-15(13(23)3)19(25)21-16-10-17(24)22(4)18(16)14-7-6-8-20-11-14/h6-9,11,16,18H,5,10H2,1-4H3,(H,21,25)/t16-,18+/m1/s1. The third-order valence-electron chi connectivity index (χ3n) is 5.06. The van der Waals surface area contributed by atoms with Crippen LogP contribution in [0, 0.1) is 13.8 Å². The lowest BCUT2D eigenvalue weighted by Gasteiger charge is -2.25. The molecule has 3 heterocycles. The number of aryl methyl sites for hydroxylation is 1. The van der Waals surface area contributed by atoms with Crippen molar-refractivity contribution in [1.82, 2.24) is 19.8 Å². The van der Waals surface area contributed by atoms with Gasteiger partial charge in [0.1, 0.15) is 0 Å². The summed E-state index contributed by atoms with van der Waals surface area (Å²) in [5.41, 5.74) is 3.62. The molecule has 3 rings (SSSR count). The highest BCUT2D eigenvalue weighted by Crippen LogP contribution is 2.31. The van der Waals surface area contributed by atoms with E-state index in [1.807, 2.05) is 32.0 Å². The smallest absolute Gasteiger partial charge is 0.253 e. The first kappa shape index (κ1) is 17.2. The number of nitrogens with zero attached hydrogens (tertiary/aromatic N) is 3. The van der Waals surface area contributed by atoms with Gasteiger partial charge in [0.25, 0.3) is 5.91 Å². The van der Waals surface area contributed by atoms with E-state index in [0.717, 1.165) is 23.5 Å². The molecule has 1 aliphatic heterocycles. The molecule has 0 aliphatic carbocycles. The highest BCUT2D eigenvalue weighted by Gasteiger charge is 2.39. The van der Waals surface area contributed by atoms with E-state index in [9.17, 15) is 9.59 Å². The summed E-state index contributed by atoms with van der Waals surface area (Å²) in [5.74, 6) is -0.104. The average molecular weight is 340 g/mol. The first-order valence-electron chi connectivity index (χ1n) is 8.57. The summed E-state index contributed by atoms with van der Waals surface area (Å²) in [5, 5.41) is 3.07. The highest BCUT2D eigenvalue weighted by molar-refractivity contribution is 5.96. The topological polar surface area (TPSA) is 67.2 Å². The number of likely N-dealkylation sites (tertiary alicyclic amines) is 1. The number of hydrogen-bond donors (Lipinski definition) is 1. The molecule has 1 N–H and O–H groups in total. The first-order valence-corrected chi connectivity index (χ1v) is 8.57. The molecular weight excluding hydrogens is 316 g/mol. The summed E-state index contributed by atoms with van der Waals surface area (Å²) < 4.78 is 2.11. The van der Waals surface area contributed by atoms with Gasteiger partial charge in [0.15, 0.2) is 0 Å². The summed E-state index contributed by atoms with van der Waals surface area (Å²) in [6.45, 7) is 6.84. The molecule has 6 nitrogen and oxygen atoms in total. The molecule has 0 saturated carbocycles. The number of hydrogen-bond acceptors (Lipinski definition) is 3. The number of carbonyl (C=O) groups is 2. The normalized spacial score (nSPS) is 20.2. The fourth-order valence-corrected chi connectivity index (χ4v) is 3.77. The molecule has 25 heavy (non-hydrogen) atoms. The van der Waals surface area contributed by atoms with Gasteiger partial charge in [0.2, 0.25) is 5.91 Å². The van der Waals surface area contributed by atoms with E-state index in [0.29, 0.717) is 12.0 Å². The second kappa shape index (κ2) is 6.70. The number of amides is 2. The Morgan fingerprint density at radius 3 is 2.76 bits per heavy atom. The summed E-state index contributed by atoms with van der Waals surface area (Å²) in [4.78, 5) is 30.9. The lowest BCUT2D eigenvalue weighted by atomic mass is 10.0. The van der Waals surface area contributed by atoms with Crippen LogP contribution in [0.15, 0.2) is 30.6 Å². The second-order valence-electron chi connectivity index (χ2n) is 6.55. The van der Waals surface area contributed by atoms with Gasteiger partial charge in [-0.3, -0.25) is 14.6 Å².